The van der Waals surface area contributed by atoms with E-state index in [1.54, 1.807) is 6.08 Å². The first kappa shape index (κ1) is 17.6. The SMILES string of the molecule is C=CC[C@H]1C[C@]2(CCc3cc(F)c(NC)cc3F)OCOC2=CC1=O. The molecular weight excluding hydrogens is 328 g/mol. The van der Waals surface area contributed by atoms with Crippen LogP contribution in [0.1, 0.15) is 24.8 Å². The van der Waals surface area contributed by atoms with Gasteiger partial charge in [0.1, 0.15) is 23.0 Å². The van der Waals surface area contributed by atoms with Gasteiger partial charge in [-0.3, -0.25) is 4.79 Å². The zero-order valence-electron chi connectivity index (χ0n) is 14.1. The molecule has 0 spiro atoms. The monoisotopic (exact) mass is 349 g/mol. The highest BCUT2D eigenvalue weighted by Crippen LogP contribution is 2.43. The number of halogens is 2. The van der Waals surface area contributed by atoms with Crippen molar-refractivity contribution in [2.75, 3.05) is 19.2 Å². The lowest BCUT2D eigenvalue weighted by molar-refractivity contribution is -0.121. The number of anilines is 1. The molecule has 1 aromatic rings. The first-order valence-electron chi connectivity index (χ1n) is 8.28. The number of hydrogen-bond acceptors (Lipinski definition) is 4. The van der Waals surface area contributed by atoms with Gasteiger partial charge in [-0.2, -0.15) is 0 Å². The Hall–Kier alpha value is -2.21. The Morgan fingerprint density at radius 2 is 2.20 bits per heavy atom. The molecule has 1 N–H and O–H groups in total. The van der Waals surface area contributed by atoms with Gasteiger partial charge in [-0.15, -0.1) is 6.58 Å². The molecule has 1 fully saturated rings. The van der Waals surface area contributed by atoms with Gasteiger partial charge in [-0.05, 0) is 37.3 Å². The van der Waals surface area contributed by atoms with Crippen molar-refractivity contribution in [1.29, 1.82) is 0 Å². The van der Waals surface area contributed by atoms with Crippen molar-refractivity contribution in [2.45, 2.75) is 31.3 Å². The van der Waals surface area contributed by atoms with E-state index in [1.807, 2.05) is 0 Å². The Morgan fingerprint density at radius 1 is 1.40 bits per heavy atom. The second-order valence-electron chi connectivity index (χ2n) is 6.41. The summed E-state index contributed by atoms with van der Waals surface area (Å²) in [5.74, 6) is -0.714. The lowest BCUT2D eigenvalue weighted by Gasteiger charge is -2.33. The van der Waals surface area contributed by atoms with Crippen molar-refractivity contribution in [2.24, 2.45) is 5.92 Å². The van der Waals surface area contributed by atoms with Crippen molar-refractivity contribution in [3.8, 4) is 0 Å². The van der Waals surface area contributed by atoms with E-state index in [2.05, 4.69) is 11.9 Å². The number of benzene rings is 1. The third-order valence-electron chi connectivity index (χ3n) is 4.91. The molecule has 6 heteroatoms. The number of hydrogen-bond donors (Lipinski definition) is 1. The second kappa shape index (κ2) is 6.96. The maximum atomic E-state index is 14.2. The molecule has 1 saturated heterocycles. The number of rotatable bonds is 6. The molecular formula is C19H21F2NO3. The minimum Gasteiger partial charge on any atom is -0.469 e. The summed E-state index contributed by atoms with van der Waals surface area (Å²) in [7, 11) is 1.54. The summed E-state index contributed by atoms with van der Waals surface area (Å²) in [5, 5.41) is 2.61. The van der Waals surface area contributed by atoms with Crippen LogP contribution in [0.3, 0.4) is 0 Å². The van der Waals surface area contributed by atoms with E-state index in [9.17, 15) is 13.6 Å². The zero-order chi connectivity index (χ0) is 18.0. The average molecular weight is 349 g/mol. The summed E-state index contributed by atoms with van der Waals surface area (Å²) >= 11 is 0. The topological polar surface area (TPSA) is 47.6 Å². The Balaban J connectivity index is 1.81. The van der Waals surface area contributed by atoms with Crippen LogP contribution in [0, 0.1) is 17.6 Å². The van der Waals surface area contributed by atoms with Gasteiger partial charge < -0.3 is 14.8 Å². The maximum absolute atomic E-state index is 14.2. The Labute approximate surface area is 145 Å². The quantitative estimate of drug-likeness (QED) is 0.795. The molecule has 0 unspecified atom stereocenters. The first-order valence-corrected chi connectivity index (χ1v) is 8.28. The minimum absolute atomic E-state index is 0.00776. The van der Waals surface area contributed by atoms with Crippen LogP contribution in [0.2, 0.25) is 0 Å². The predicted molar refractivity (Wildman–Crippen MR) is 90.0 cm³/mol. The molecule has 2 atom stereocenters. The number of fused-ring (bicyclic) bond motifs is 1. The normalized spacial score (nSPS) is 25.2. The Kier molecular flexibility index (Phi) is 4.90. The average Bonchev–Trinajstić information content (AvgIpc) is 2.98. The fourth-order valence-electron chi connectivity index (χ4n) is 3.49. The number of allylic oxidation sites excluding steroid dienone is 2. The number of aryl methyl sites for hydroxylation is 1. The lowest BCUT2D eigenvalue weighted by atomic mass is 9.76. The van der Waals surface area contributed by atoms with Crippen molar-refractivity contribution < 1.29 is 23.0 Å². The summed E-state index contributed by atoms with van der Waals surface area (Å²) in [6.45, 7) is 3.75. The van der Waals surface area contributed by atoms with E-state index < -0.39 is 17.2 Å². The summed E-state index contributed by atoms with van der Waals surface area (Å²) < 4.78 is 39.4. The molecule has 1 aliphatic carbocycles. The van der Waals surface area contributed by atoms with Crippen LogP contribution in [0.4, 0.5) is 14.5 Å². The van der Waals surface area contributed by atoms with Gasteiger partial charge >= 0.3 is 0 Å². The molecule has 4 nitrogen and oxygen atoms in total. The van der Waals surface area contributed by atoms with Crippen molar-refractivity contribution in [1.82, 2.24) is 0 Å². The molecule has 0 bridgehead atoms. The molecule has 2 aliphatic rings. The number of carbonyl (C=O) groups excluding carboxylic acids is 1. The Bertz CT molecular complexity index is 732. The third kappa shape index (κ3) is 3.31. The molecule has 0 aromatic heterocycles. The molecule has 0 saturated carbocycles. The van der Waals surface area contributed by atoms with E-state index >= 15 is 0 Å². The standard InChI is InChI=1S/C19H21F2NO3/c1-3-4-13-10-19(18(9-17(13)23)24-11-25-19)6-5-12-7-15(21)16(22-2)8-14(12)20/h3,7-9,13,22H,1,4-6,10-11H2,2H3/t13-,19-/m0/s1. The predicted octanol–water partition coefficient (Wildman–Crippen LogP) is 3.73. The van der Waals surface area contributed by atoms with Gasteiger partial charge in [-0.25, -0.2) is 8.78 Å². The largest absolute Gasteiger partial charge is 0.469 e. The van der Waals surface area contributed by atoms with Crippen molar-refractivity contribution in [3.05, 3.63) is 53.8 Å². The Morgan fingerprint density at radius 3 is 2.92 bits per heavy atom. The van der Waals surface area contributed by atoms with Crippen LogP contribution in [-0.2, 0) is 20.7 Å². The summed E-state index contributed by atoms with van der Waals surface area (Å²) in [6.07, 6.45) is 4.88. The van der Waals surface area contributed by atoms with E-state index in [0.717, 1.165) is 6.07 Å². The molecule has 1 aliphatic heterocycles. The number of ether oxygens (including phenoxy) is 2. The van der Waals surface area contributed by atoms with Gasteiger partial charge in [0.2, 0.25) is 0 Å². The molecule has 0 amide bonds. The second-order valence-corrected chi connectivity index (χ2v) is 6.41. The van der Waals surface area contributed by atoms with Gasteiger partial charge in [-0.1, -0.05) is 6.08 Å². The van der Waals surface area contributed by atoms with E-state index in [1.165, 1.54) is 19.2 Å². The van der Waals surface area contributed by atoms with E-state index in [-0.39, 0.29) is 36.2 Å². The van der Waals surface area contributed by atoms with Crippen LogP contribution < -0.4 is 5.32 Å². The summed E-state index contributed by atoms with van der Waals surface area (Å²) in [5.41, 5.74) is -0.362. The molecule has 1 heterocycles. The molecule has 3 rings (SSSR count). The van der Waals surface area contributed by atoms with Crippen LogP contribution in [0.15, 0.2) is 36.6 Å². The number of ketones is 1. The zero-order valence-corrected chi connectivity index (χ0v) is 14.1. The van der Waals surface area contributed by atoms with Gasteiger partial charge in [0.15, 0.2) is 12.6 Å². The highest BCUT2D eigenvalue weighted by Gasteiger charge is 2.47. The maximum Gasteiger partial charge on any atom is 0.189 e. The highest BCUT2D eigenvalue weighted by molar-refractivity contribution is 5.93. The fourth-order valence-corrected chi connectivity index (χ4v) is 3.49. The van der Waals surface area contributed by atoms with Crippen LogP contribution in [-0.4, -0.2) is 25.2 Å². The molecule has 25 heavy (non-hydrogen) atoms. The van der Waals surface area contributed by atoms with Crippen LogP contribution in [0.5, 0.6) is 0 Å². The van der Waals surface area contributed by atoms with Gasteiger partial charge in [0.25, 0.3) is 0 Å². The third-order valence-corrected chi connectivity index (χ3v) is 4.91. The molecule has 134 valence electrons. The molecule has 1 aromatic carbocycles. The smallest absolute Gasteiger partial charge is 0.189 e. The van der Waals surface area contributed by atoms with Gasteiger partial charge in [0, 0.05) is 25.1 Å². The van der Waals surface area contributed by atoms with Crippen molar-refractivity contribution in [3.63, 3.8) is 0 Å². The minimum atomic E-state index is -0.758. The van der Waals surface area contributed by atoms with Gasteiger partial charge in [0.05, 0.1) is 5.69 Å². The first-order chi connectivity index (χ1) is 12.0. The summed E-state index contributed by atoms with van der Waals surface area (Å²) in [6, 6.07) is 2.35. The lowest BCUT2D eigenvalue weighted by Crippen LogP contribution is -2.39. The van der Waals surface area contributed by atoms with Crippen LogP contribution in [0.25, 0.3) is 0 Å². The van der Waals surface area contributed by atoms with Crippen LogP contribution >= 0.6 is 0 Å². The fraction of sp³-hybridized carbons (Fsp3) is 0.421. The van der Waals surface area contributed by atoms with E-state index in [4.69, 9.17) is 9.47 Å². The molecule has 0 radical (unpaired) electrons. The highest BCUT2D eigenvalue weighted by atomic mass is 19.1. The number of nitrogens with one attached hydrogen (secondary N) is 1. The van der Waals surface area contributed by atoms with Crippen molar-refractivity contribution >= 4 is 11.5 Å². The van der Waals surface area contributed by atoms with E-state index in [0.29, 0.717) is 25.0 Å². The summed E-state index contributed by atoms with van der Waals surface area (Å²) in [4.78, 5) is 12.1. The number of carbonyl (C=O) groups is 1.